The van der Waals surface area contributed by atoms with Crippen molar-refractivity contribution in [3.8, 4) is 0 Å². The van der Waals surface area contributed by atoms with E-state index in [0.717, 1.165) is 38.5 Å². The van der Waals surface area contributed by atoms with Crippen molar-refractivity contribution >= 4 is 0 Å². The molecule has 0 unspecified atom stereocenters. The zero-order chi connectivity index (χ0) is 14.5. The molecule has 108 valence electrons. The summed E-state index contributed by atoms with van der Waals surface area (Å²) in [4.78, 5) is 11.3. The first-order valence-corrected chi connectivity index (χ1v) is 7.52. The Morgan fingerprint density at radius 1 is 1.42 bits per heavy atom. The van der Waals surface area contributed by atoms with Gasteiger partial charge in [-0.1, -0.05) is 28.0 Å². The molecule has 0 fully saturated rings. The van der Waals surface area contributed by atoms with Gasteiger partial charge in [-0.05, 0) is 79.1 Å². The third-order valence-corrected chi connectivity index (χ3v) is 4.81. The van der Waals surface area contributed by atoms with Gasteiger partial charge in [-0.15, -0.1) is 0 Å². The van der Waals surface area contributed by atoms with Crippen molar-refractivity contribution in [2.75, 3.05) is 0 Å². The Bertz CT molecular complexity index is 377. The molecule has 0 spiro atoms. The second-order valence-electron chi connectivity index (χ2n) is 6.60. The van der Waals surface area contributed by atoms with E-state index in [0.29, 0.717) is 5.92 Å². The predicted octanol–water partition coefficient (Wildman–Crippen LogP) is 5.78. The first kappa shape index (κ1) is 16.1. The summed E-state index contributed by atoms with van der Waals surface area (Å²) in [6.45, 7) is 10.7. The highest BCUT2D eigenvalue weighted by Crippen LogP contribution is 2.37. The van der Waals surface area contributed by atoms with Crippen LogP contribution in [0.5, 0.6) is 0 Å². The molecule has 0 aromatic carbocycles. The number of hydrogen-bond donors (Lipinski definition) is 0. The molecule has 0 saturated carbocycles. The van der Waals surface area contributed by atoms with Gasteiger partial charge in [-0.2, -0.15) is 4.91 Å². The van der Waals surface area contributed by atoms with Crippen LogP contribution in [0, 0.1) is 10.8 Å². The molecule has 0 saturated heterocycles. The fourth-order valence-corrected chi connectivity index (χ4v) is 2.82. The Morgan fingerprint density at radius 3 is 2.58 bits per heavy atom. The standard InChI is InChI=1S/C17H29NO/c1-13(2)15(4)7-6-12-17(5,18-19)16-10-8-14(3)9-11-16/h8,16H,6-7,9-12H2,1-5H3/t16-,17+/m1/s1. The Hall–Kier alpha value is -0.920. The van der Waals surface area contributed by atoms with E-state index in [9.17, 15) is 4.91 Å². The van der Waals surface area contributed by atoms with Gasteiger partial charge in [-0.3, -0.25) is 0 Å². The summed E-state index contributed by atoms with van der Waals surface area (Å²) in [5.74, 6) is 0.431. The largest absolute Gasteiger partial charge is 0.150 e. The Morgan fingerprint density at radius 2 is 2.11 bits per heavy atom. The van der Waals surface area contributed by atoms with Crippen molar-refractivity contribution in [3.63, 3.8) is 0 Å². The van der Waals surface area contributed by atoms with Crippen LogP contribution < -0.4 is 0 Å². The summed E-state index contributed by atoms with van der Waals surface area (Å²) >= 11 is 0. The van der Waals surface area contributed by atoms with Crippen LogP contribution >= 0.6 is 0 Å². The number of nitrogens with zero attached hydrogens (tertiary/aromatic N) is 1. The van der Waals surface area contributed by atoms with Crippen LogP contribution in [0.4, 0.5) is 0 Å². The highest BCUT2D eigenvalue weighted by atomic mass is 16.3. The van der Waals surface area contributed by atoms with E-state index < -0.39 is 0 Å². The minimum absolute atomic E-state index is 0.376. The SMILES string of the molecule is CC1=CC[C@@H]([C@](C)(CCCC(C)=C(C)C)N=O)CC1. The van der Waals surface area contributed by atoms with Crippen molar-refractivity contribution in [1.82, 2.24) is 0 Å². The lowest BCUT2D eigenvalue weighted by molar-refractivity contribution is 0.250. The fourth-order valence-electron chi connectivity index (χ4n) is 2.82. The van der Waals surface area contributed by atoms with Crippen LogP contribution in [0.1, 0.15) is 73.1 Å². The highest BCUT2D eigenvalue weighted by Gasteiger charge is 2.35. The number of rotatable bonds is 6. The molecule has 0 amide bonds. The van der Waals surface area contributed by atoms with Gasteiger partial charge in [0.15, 0.2) is 0 Å². The van der Waals surface area contributed by atoms with E-state index in [1.54, 1.807) is 0 Å². The zero-order valence-electron chi connectivity index (χ0n) is 13.3. The maximum absolute atomic E-state index is 11.3. The molecule has 2 nitrogen and oxygen atoms in total. The second-order valence-corrected chi connectivity index (χ2v) is 6.60. The van der Waals surface area contributed by atoms with E-state index in [2.05, 4.69) is 45.9 Å². The van der Waals surface area contributed by atoms with Gasteiger partial charge in [0.1, 0.15) is 5.54 Å². The Labute approximate surface area is 118 Å². The molecular formula is C17H29NO. The van der Waals surface area contributed by atoms with Gasteiger partial charge in [0.05, 0.1) is 0 Å². The lowest BCUT2D eigenvalue weighted by Crippen LogP contribution is -2.33. The first-order valence-electron chi connectivity index (χ1n) is 7.52. The van der Waals surface area contributed by atoms with Gasteiger partial charge < -0.3 is 0 Å². The molecule has 0 heterocycles. The molecule has 0 radical (unpaired) electrons. The van der Waals surface area contributed by atoms with Crippen LogP contribution in [0.2, 0.25) is 0 Å². The molecular weight excluding hydrogens is 234 g/mol. The summed E-state index contributed by atoms with van der Waals surface area (Å²) < 4.78 is 0. The lowest BCUT2D eigenvalue weighted by atomic mass is 9.74. The number of nitroso groups, excluding NO2 is 1. The van der Waals surface area contributed by atoms with Crippen molar-refractivity contribution in [1.29, 1.82) is 0 Å². The smallest absolute Gasteiger partial charge is 0.103 e. The summed E-state index contributed by atoms with van der Waals surface area (Å²) in [5, 5.41) is 3.52. The van der Waals surface area contributed by atoms with Crippen LogP contribution in [-0.4, -0.2) is 5.54 Å². The van der Waals surface area contributed by atoms with E-state index in [1.165, 1.54) is 16.7 Å². The minimum atomic E-state index is -0.376. The van der Waals surface area contributed by atoms with E-state index >= 15 is 0 Å². The van der Waals surface area contributed by atoms with Gasteiger partial charge in [0, 0.05) is 0 Å². The molecule has 1 aliphatic carbocycles. The minimum Gasteiger partial charge on any atom is -0.150 e. The Kier molecular flexibility index (Phi) is 5.96. The zero-order valence-corrected chi connectivity index (χ0v) is 13.3. The molecule has 2 atom stereocenters. The van der Waals surface area contributed by atoms with Crippen LogP contribution in [-0.2, 0) is 0 Å². The van der Waals surface area contributed by atoms with E-state index in [-0.39, 0.29) is 5.54 Å². The molecule has 0 aromatic heterocycles. The van der Waals surface area contributed by atoms with Crippen LogP contribution in [0.15, 0.2) is 28.0 Å². The quantitative estimate of drug-likeness (QED) is 0.441. The third kappa shape index (κ3) is 4.59. The maximum atomic E-state index is 11.3. The Balaban J connectivity index is 2.56. The molecule has 1 rings (SSSR count). The summed E-state index contributed by atoms with van der Waals surface area (Å²) in [6, 6.07) is 0. The molecule has 19 heavy (non-hydrogen) atoms. The maximum Gasteiger partial charge on any atom is 0.103 e. The van der Waals surface area contributed by atoms with Gasteiger partial charge >= 0.3 is 0 Å². The molecule has 1 aliphatic rings. The average Bonchev–Trinajstić information content (AvgIpc) is 2.39. The lowest BCUT2D eigenvalue weighted by Gasteiger charge is -2.33. The fraction of sp³-hybridized carbons (Fsp3) is 0.765. The van der Waals surface area contributed by atoms with Crippen molar-refractivity contribution in [2.24, 2.45) is 11.1 Å². The van der Waals surface area contributed by atoms with Crippen molar-refractivity contribution in [2.45, 2.75) is 78.7 Å². The average molecular weight is 263 g/mol. The summed E-state index contributed by atoms with van der Waals surface area (Å²) in [6.07, 6.45) is 8.63. The van der Waals surface area contributed by atoms with Gasteiger partial charge in [-0.25, -0.2) is 0 Å². The molecule has 0 aliphatic heterocycles. The molecule has 0 N–H and O–H groups in total. The predicted molar refractivity (Wildman–Crippen MR) is 83.2 cm³/mol. The van der Waals surface area contributed by atoms with Gasteiger partial charge in [0.2, 0.25) is 0 Å². The van der Waals surface area contributed by atoms with Crippen LogP contribution in [0.25, 0.3) is 0 Å². The number of hydrogen-bond acceptors (Lipinski definition) is 2. The van der Waals surface area contributed by atoms with E-state index in [1.807, 2.05) is 0 Å². The molecule has 2 heteroatoms. The third-order valence-electron chi connectivity index (χ3n) is 4.81. The van der Waals surface area contributed by atoms with Crippen molar-refractivity contribution < 1.29 is 0 Å². The second kappa shape index (κ2) is 7.02. The molecule has 0 bridgehead atoms. The molecule has 0 aromatic rings. The van der Waals surface area contributed by atoms with Crippen LogP contribution in [0.3, 0.4) is 0 Å². The normalized spacial score (nSPS) is 22.4. The topological polar surface area (TPSA) is 29.4 Å². The summed E-state index contributed by atoms with van der Waals surface area (Å²) in [7, 11) is 0. The summed E-state index contributed by atoms with van der Waals surface area (Å²) in [5.41, 5.74) is 3.94. The van der Waals surface area contributed by atoms with Gasteiger partial charge in [0.25, 0.3) is 0 Å². The van der Waals surface area contributed by atoms with E-state index in [4.69, 9.17) is 0 Å². The monoisotopic (exact) mass is 263 g/mol. The number of allylic oxidation sites excluding steroid dienone is 4. The van der Waals surface area contributed by atoms with Crippen molar-refractivity contribution in [3.05, 3.63) is 27.7 Å². The highest BCUT2D eigenvalue weighted by molar-refractivity contribution is 5.09. The first-order chi connectivity index (χ1) is 8.89.